The molecule has 1 saturated carbocycles. The fourth-order valence-electron chi connectivity index (χ4n) is 2.49. The monoisotopic (exact) mass is 296 g/mol. The summed E-state index contributed by atoms with van der Waals surface area (Å²) in [5.41, 5.74) is 0. The van der Waals surface area contributed by atoms with Crippen LogP contribution in [0.2, 0.25) is 0 Å². The van der Waals surface area contributed by atoms with Crippen molar-refractivity contribution in [3.63, 3.8) is 0 Å². The van der Waals surface area contributed by atoms with Gasteiger partial charge in [-0.25, -0.2) is 0 Å². The van der Waals surface area contributed by atoms with Gasteiger partial charge >= 0.3 is 11.9 Å². The number of benzene rings is 1. The van der Waals surface area contributed by atoms with Crippen molar-refractivity contribution in [1.29, 1.82) is 0 Å². The lowest BCUT2D eigenvalue weighted by atomic mass is 9.77. The van der Waals surface area contributed by atoms with E-state index in [0.717, 1.165) is 4.90 Å². The Balaban J connectivity index is 2.12. The van der Waals surface area contributed by atoms with Gasteiger partial charge in [0.05, 0.1) is 17.9 Å². The molecule has 1 aromatic carbocycles. The SMILES string of the molecule is O=C(O)[C@@H]1C[C@H](Sc2ccccc2)[C@@H](O)C[C@H]1C(=O)O. The number of hydrogen-bond donors (Lipinski definition) is 3. The van der Waals surface area contributed by atoms with Crippen LogP contribution in [0.1, 0.15) is 12.8 Å². The number of aliphatic hydroxyl groups excluding tert-OH is 1. The standard InChI is InChI=1S/C14H16O5S/c15-11-6-9(13(16)17)10(14(18)19)7-12(11)20-8-4-2-1-3-5-8/h1-5,9-12,15H,6-7H2,(H,16,17)(H,18,19)/t9-,10-,11+,12+/m1/s1. The molecule has 5 nitrogen and oxygen atoms in total. The zero-order chi connectivity index (χ0) is 14.7. The Bertz CT molecular complexity index is 490. The summed E-state index contributed by atoms with van der Waals surface area (Å²) in [6.45, 7) is 0. The van der Waals surface area contributed by atoms with Gasteiger partial charge in [-0.2, -0.15) is 0 Å². The summed E-state index contributed by atoms with van der Waals surface area (Å²) in [4.78, 5) is 23.3. The average molecular weight is 296 g/mol. The van der Waals surface area contributed by atoms with Crippen LogP contribution in [0.4, 0.5) is 0 Å². The van der Waals surface area contributed by atoms with Crippen molar-refractivity contribution in [1.82, 2.24) is 0 Å². The van der Waals surface area contributed by atoms with Crippen LogP contribution >= 0.6 is 11.8 Å². The first-order valence-corrected chi connectivity index (χ1v) is 7.22. The maximum Gasteiger partial charge on any atom is 0.307 e. The summed E-state index contributed by atoms with van der Waals surface area (Å²) in [5.74, 6) is -4.23. The van der Waals surface area contributed by atoms with Crippen LogP contribution in [0.25, 0.3) is 0 Å². The molecule has 0 unspecified atom stereocenters. The number of aliphatic hydroxyl groups is 1. The molecule has 0 saturated heterocycles. The van der Waals surface area contributed by atoms with E-state index in [-0.39, 0.29) is 18.1 Å². The fraction of sp³-hybridized carbons (Fsp3) is 0.429. The van der Waals surface area contributed by atoms with Crippen molar-refractivity contribution in [3.8, 4) is 0 Å². The van der Waals surface area contributed by atoms with E-state index in [4.69, 9.17) is 5.11 Å². The van der Waals surface area contributed by atoms with E-state index in [2.05, 4.69) is 0 Å². The van der Waals surface area contributed by atoms with Gasteiger partial charge in [0, 0.05) is 10.1 Å². The second-order valence-electron chi connectivity index (χ2n) is 4.90. The second-order valence-corrected chi connectivity index (χ2v) is 6.21. The van der Waals surface area contributed by atoms with E-state index >= 15 is 0 Å². The molecule has 4 atom stereocenters. The Kier molecular flexibility index (Phi) is 4.67. The molecule has 0 bridgehead atoms. The van der Waals surface area contributed by atoms with Crippen LogP contribution in [0, 0.1) is 11.8 Å². The van der Waals surface area contributed by atoms with Crippen LogP contribution < -0.4 is 0 Å². The zero-order valence-corrected chi connectivity index (χ0v) is 11.5. The number of carboxylic acids is 2. The summed E-state index contributed by atoms with van der Waals surface area (Å²) in [6.07, 6.45) is -0.666. The molecule has 0 heterocycles. The molecule has 3 N–H and O–H groups in total. The van der Waals surface area contributed by atoms with Crippen molar-refractivity contribution in [2.45, 2.75) is 29.1 Å². The zero-order valence-electron chi connectivity index (χ0n) is 10.7. The third-order valence-corrected chi connectivity index (χ3v) is 4.92. The van der Waals surface area contributed by atoms with Gasteiger partial charge in [0.2, 0.25) is 0 Å². The Hall–Kier alpha value is -1.53. The molecule has 0 aliphatic heterocycles. The summed E-state index contributed by atoms with van der Waals surface area (Å²) in [5, 5.41) is 28.0. The summed E-state index contributed by atoms with van der Waals surface area (Å²) < 4.78 is 0. The van der Waals surface area contributed by atoms with Gasteiger partial charge in [-0.1, -0.05) is 18.2 Å². The van der Waals surface area contributed by atoms with E-state index in [1.807, 2.05) is 30.3 Å². The number of hydrogen-bond acceptors (Lipinski definition) is 4. The minimum Gasteiger partial charge on any atom is -0.481 e. The highest BCUT2D eigenvalue weighted by molar-refractivity contribution is 8.00. The predicted octanol–water partition coefficient (Wildman–Crippen LogP) is 1.70. The lowest BCUT2D eigenvalue weighted by molar-refractivity contribution is -0.157. The van der Waals surface area contributed by atoms with Crippen LogP contribution in [-0.4, -0.2) is 38.6 Å². The largest absolute Gasteiger partial charge is 0.481 e. The second kappa shape index (κ2) is 6.28. The van der Waals surface area contributed by atoms with Crippen LogP contribution in [0.3, 0.4) is 0 Å². The molecule has 0 amide bonds. The first-order chi connectivity index (χ1) is 9.49. The van der Waals surface area contributed by atoms with E-state index in [9.17, 15) is 19.8 Å². The maximum atomic E-state index is 11.2. The highest BCUT2D eigenvalue weighted by Crippen LogP contribution is 2.39. The number of carbonyl (C=O) groups is 2. The summed E-state index contributed by atoms with van der Waals surface area (Å²) in [7, 11) is 0. The van der Waals surface area contributed by atoms with Gasteiger partial charge in [0.25, 0.3) is 0 Å². The number of carboxylic acid groups (broad SMARTS) is 2. The maximum absolute atomic E-state index is 11.2. The van der Waals surface area contributed by atoms with Gasteiger partial charge in [-0.05, 0) is 25.0 Å². The molecule has 108 valence electrons. The van der Waals surface area contributed by atoms with Crippen molar-refractivity contribution >= 4 is 23.7 Å². The smallest absolute Gasteiger partial charge is 0.307 e. The van der Waals surface area contributed by atoms with E-state index in [1.165, 1.54) is 11.8 Å². The average Bonchev–Trinajstić information content (AvgIpc) is 2.41. The van der Waals surface area contributed by atoms with Gasteiger partial charge < -0.3 is 15.3 Å². The highest BCUT2D eigenvalue weighted by atomic mass is 32.2. The fourth-order valence-corrected chi connectivity index (χ4v) is 3.73. The quantitative estimate of drug-likeness (QED) is 0.783. The molecule has 0 radical (unpaired) electrons. The predicted molar refractivity (Wildman–Crippen MR) is 73.6 cm³/mol. The van der Waals surface area contributed by atoms with Crippen molar-refractivity contribution in [3.05, 3.63) is 30.3 Å². The third-order valence-electron chi connectivity index (χ3n) is 3.56. The van der Waals surface area contributed by atoms with E-state index < -0.39 is 29.9 Å². The molecule has 6 heteroatoms. The minimum absolute atomic E-state index is 0.0171. The Morgan fingerprint density at radius 1 is 1.00 bits per heavy atom. The Morgan fingerprint density at radius 3 is 2.10 bits per heavy atom. The molecule has 1 fully saturated rings. The van der Waals surface area contributed by atoms with Gasteiger partial charge in [-0.15, -0.1) is 11.8 Å². The Labute approximate surface area is 120 Å². The number of aliphatic carboxylic acids is 2. The van der Waals surface area contributed by atoms with Gasteiger partial charge in [-0.3, -0.25) is 9.59 Å². The van der Waals surface area contributed by atoms with Crippen molar-refractivity contribution in [2.24, 2.45) is 11.8 Å². The van der Waals surface area contributed by atoms with E-state index in [1.54, 1.807) is 0 Å². The molecular formula is C14H16O5S. The number of thioether (sulfide) groups is 1. The molecule has 0 aromatic heterocycles. The van der Waals surface area contributed by atoms with Crippen molar-refractivity contribution < 1.29 is 24.9 Å². The third kappa shape index (κ3) is 3.32. The molecule has 0 spiro atoms. The molecular weight excluding hydrogens is 280 g/mol. The topological polar surface area (TPSA) is 94.8 Å². The lowest BCUT2D eigenvalue weighted by Gasteiger charge is -2.35. The van der Waals surface area contributed by atoms with Crippen LogP contribution in [-0.2, 0) is 9.59 Å². The summed E-state index contributed by atoms with van der Waals surface area (Å²) >= 11 is 1.40. The van der Waals surface area contributed by atoms with Crippen LogP contribution in [0.15, 0.2) is 35.2 Å². The molecule has 1 aliphatic carbocycles. The van der Waals surface area contributed by atoms with E-state index in [0.29, 0.717) is 0 Å². The van der Waals surface area contributed by atoms with Gasteiger partial charge in [0.15, 0.2) is 0 Å². The first-order valence-electron chi connectivity index (χ1n) is 6.34. The molecule has 1 aliphatic rings. The highest BCUT2D eigenvalue weighted by Gasteiger charge is 2.43. The minimum atomic E-state index is -1.15. The Morgan fingerprint density at radius 2 is 1.55 bits per heavy atom. The molecule has 2 rings (SSSR count). The molecule has 1 aromatic rings. The lowest BCUT2D eigenvalue weighted by Crippen LogP contribution is -2.43. The number of rotatable bonds is 4. The normalized spacial score (nSPS) is 29.9. The van der Waals surface area contributed by atoms with Crippen molar-refractivity contribution in [2.75, 3.05) is 0 Å². The van der Waals surface area contributed by atoms with Crippen LogP contribution in [0.5, 0.6) is 0 Å². The molecule has 20 heavy (non-hydrogen) atoms. The van der Waals surface area contributed by atoms with Gasteiger partial charge in [0.1, 0.15) is 0 Å². The summed E-state index contributed by atoms with van der Waals surface area (Å²) in [6, 6.07) is 9.38. The first kappa shape index (κ1) is 14.9.